The molecule has 0 aromatic heterocycles. The maximum atomic E-state index is 3.38. The minimum Gasteiger partial charge on any atom is -0.315 e. The van der Waals surface area contributed by atoms with Gasteiger partial charge in [-0.15, -0.1) is 0 Å². The van der Waals surface area contributed by atoms with Gasteiger partial charge in [0.1, 0.15) is 0 Å². The minimum absolute atomic E-state index is 1.08. The van der Waals surface area contributed by atoms with Crippen LogP contribution in [0.25, 0.3) is 0 Å². The molecule has 0 fully saturated rings. The summed E-state index contributed by atoms with van der Waals surface area (Å²) < 4.78 is 0. The summed E-state index contributed by atoms with van der Waals surface area (Å²) in [7, 11) is 0. The van der Waals surface area contributed by atoms with Gasteiger partial charge in [-0.05, 0) is 25.9 Å². The lowest BCUT2D eigenvalue weighted by atomic mass is 10.4. The third-order valence-electron chi connectivity index (χ3n) is 1.81. The fourth-order valence-electron chi connectivity index (χ4n) is 1.08. The fraction of sp³-hybridized carbons (Fsp3) is 1.00. The average molecular weight is 217 g/mol. The molecule has 0 aliphatic rings. The Hall–Kier alpha value is -0.120. The third-order valence-corrected chi connectivity index (χ3v) is 1.81. The highest BCUT2D eigenvalue weighted by atomic mass is 15.0. The van der Waals surface area contributed by atoms with Crippen molar-refractivity contribution in [3.05, 3.63) is 0 Å². The molecule has 0 rings (SSSR count). The van der Waals surface area contributed by atoms with Crippen LogP contribution < -0.4 is 16.0 Å². The fourth-order valence-corrected chi connectivity index (χ4v) is 1.08. The first-order chi connectivity index (χ1) is 7.41. The molecule has 0 unspecified atom stereocenters. The van der Waals surface area contributed by atoms with E-state index in [-0.39, 0.29) is 0 Å². The molecule has 3 heteroatoms. The monoisotopic (exact) mass is 217 g/mol. The van der Waals surface area contributed by atoms with Gasteiger partial charge in [-0.1, -0.05) is 27.7 Å². The predicted octanol–water partition coefficient (Wildman–Crippen LogP) is 1.60. The van der Waals surface area contributed by atoms with Gasteiger partial charge in [-0.2, -0.15) is 0 Å². The van der Waals surface area contributed by atoms with Crippen LogP contribution in [0.3, 0.4) is 0 Å². The van der Waals surface area contributed by atoms with E-state index in [1.54, 1.807) is 0 Å². The van der Waals surface area contributed by atoms with E-state index in [0.717, 1.165) is 39.3 Å². The zero-order valence-electron chi connectivity index (χ0n) is 11.2. The van der Waals surface area contributed by atoms with Crippen molar-refractivity contribution in [2.24, 2.45) is 0 Å². The molecule has 0 aromatic rings. The van der Waals surface area contributed by atoms with Crippen molar-refractivity contribution in [2.75, 3.05) is 39.3 Å². The Kier molecular flexibility index (Phi) is 22.4. The molecule has 0 heterocycles. The molecule has 0 radical (unpaired) electrons. The van der Waals surface area contributed by atoms with Gasteiger partial charge in [0, 0.05) is 26.2 Å². The van der Waals surface area contributed by atoms with Crippen molar-refractivity contribution >= 4 is 0 Å². The van der Waals surface area contributed by atoms with Crippen LogP contribution >= 0.6 is 0 Å². The van der Waals surface area contributed by atoms with Gasteiger partial charge < -0.3 is 16.0 Å². The van der Waals surface area contributed by atoms with E-state index in [0.29, 0.717) is 0 Å². The number of hydrogen-bond acceptors (Lipinski definition) is 3. The van der Waals surface area contributed by atoms with Crippen LogP contribution in [0.15, 0.2) is 0 Å². The predicted molar refractivity (Wildman–Crippen MR) is 70.5 cm³/mol. The van der Waals surface area contributed by atoms with E-state index < -0.39 is 0 Å². The molecular weight excluding hydrogens is 186 g/mol. The van der Waals surface area contributed by atoms with Crippen LogP contribution in [-0.4, -0.2) is 39.3 Å². The van der Waals surface area contributed by atoms with Crippen molar-refractivity contribution in [1.82, 2.24) is 16.0 Å². The minimum atomic E-state index is 1.08. The summed E-state index contributed by atoms with van der Waals surface area (Å²) in [5, 5.41) is 10.1. The Labute approximate surface area is 96.4 Å². The molecule has 15 heavy (non-hydrogen) atoms. The molecular formula is C12H31N3. The first kappa shape index (κ1) is 17.3. The smallest absolute Gasteiger partial charge is 0.00772 e. The third kappa shape index (κ3) is 20.1. The highest BCUT2D eigenvalue weighted by molar-refractivity contribution is 4.53. The Balaban J connectivity index is 0. The van der Waals surface area contributed by atoms with Gasteiger partial charge in [-0.3, -0.25) is 0 Å². The van der Waals surface area contributed by atoms with Gasteiger partial charge in [-0.25, -0.2) is 0 Å². The highest BCUT2D eigenvalue weighted by Crippen LogP contribution is 1.69. The summed E-state index contributed by atoms with van der Waals surface area (Å²) in [6.45, 7) is 15.0. The van der Waals surface area contributed by atoms with Crippen molar-refractivity contribution in [3.63, 3.8) is 0 Å². The van der Waals surface area contributed by atoms with Crippen LogP contribution in [0.5, 0.6) is 0 Å². The summed E-state index contributed by atoms with van der Waals surface area (Å²) in [5.41, 5.74) is 0. The molecule has 0 saturated heterocycles. The maximum absolute atomic E-state index is 3.38. The van der Waals surface area contributed by atoms with Crippen LogP contribution in [0.2, 0.25) is 0 Å². The number of nitrogens with one attached hydrogen (secondary N) is 3. The molecule has 0 aromatic carbocycles. The van der Waals surface area contributed by atoms with Crippen LogP contribution in [0, 0.1) is 0 Å². The van der Waals surface area contributed by atoms with Crippen molar-refractivity contribution in [2.45, 2.75) is 40.5 Å². The zero-order chi connectivity index (χ0) is 11.8. The molecule has 3 N–H and O–H groups in total. The summed E-state index contributed by atoms with van der Waals surface area (Å²) in [6.07, 6.45) is 2.44. The Morgan fingerprint density at radius 3 is 1.07 bits per heavy atom. The molecule has 0 amide bonds. The molecule has 0 bridgehead atoms. The lowest BCUT2D eigenvalue weighted by Gasteiger charge is -2.06. The summed E-state index contributed by atoms with van der Waals surface area (Å²) in [6, 6.07) is 0. The van der Waals surface area contributed by atoms with Gasteiger partial charge in [0.2, 0.25) is 0 Å². The Bertz CT molecular complexity index is 76.9. The topological polar surface area (TPSA) is 36.1 Å². The Morgan fingerprint density at radius 2 is 0.800 bits per heavy atom. The van der Waals surface area contributed by atoms with Crippen LogP contribution in [-0.2, 0) is 0 Å². The second-order valence-corrected chi connectivity index (χ2v) is 3.25. The van der Waals surface area contributed by atoms with Crippen LogP contribution in [0.4, 0.5) is 0 Å². The van der Waals surface area contributed by atoms with E-state index in [2.05, 4.69) is 29.8 Å². The molecule has 0 atom stereocenters. The normalized spacial score (nSPS) is 9.60. The Morgan fingerprint density at radius 1 is 0.533 bits per heavy atom. The molecule has 0 aliphatic heterocycles. The molecule has 0 spiro atoms. The first-order valence-electron chi connectivity index (χ1n) is 6.54. The average Bonchev–Trinajstić information content (AvgIpc) is 2.30. The highest BCUT2D eigenvalue weighted by Gasteiger charge is 1.87. The lowest BCUT2D eigenvalue weighted by molar-refractivity contribution is 0.577. The quantitative estimate of drug-likeness (QED) is 0.487. The molecule has 94 valence electrons. The molecule has 3 nitrogen and oxygen atoms in total. The summed E-state index contributed by atoms with van der Waals surface area (Å²) in [5.74, 6) is 0. The summed E-state index contributed by atoms with van der Waals surface area (Å²) >= 11 is 0. The van der Waals surface area contributed by atoms with E-state index in [4.69, 9.17) is 0 Å². The second-order valence-electron chi connectivity index (χ2n) is 3.25. The van der Waals surface area contributed by atoms with Crippen molar-refractivity contribution < 1.29 is 0 Å². The maximum Gasteiger partial charge on any atom is 0.00772 e. The number of rotatable bonds is 10. The lowest BCUT2D eigenvalue weighted by Crippen LogP contribution is -2.33. The SMILES string of the molecule is CC.CCCNCCNCCNCCC. The summed E-state index contributed by atoms with van der Waals surface area (Å²) in [4.78, 5) is 0. The van der Waals surface area contributed by atoms with Gasteiger partial charge >= 0.3 is 0 Å². The van der Waals surface area contributed by atoms with Gasteiger partial charge in [0.05, 0.1) is 0 Å². The van der Waals surface area contributed by atoms with Gasteiger partial charge in [0.15, 0.2) is 0 Å². The van der Waals surface area contributed by atoms with Crippen molar-refractivity contribution in [1.29, 1.82) is 0 Å². The standard InChI is InChI=1S/C10H25N3.C2H6/c1-3-5-11-7-9-13-10-8-12-6-4-2;1-2/h11-13H,3-10H2,1-2H3;1-2H3. The van der Waals surface area contributed by atoms with E-state index >= 15 is 0 Å². The largest absolute Gasteiger partial charge is 0.315 e. The molecule has 0 aliphatic carbocycles. The first-order valence-corrected chi connectivity index (χ1v) is 6.54. The van der Waals surface area contributed by atoms with E-state index in [1.165, 1.54) is 12.8 Å². The van der Waals surface area contributed by atoms with E-state index in [9.17, 15) is 0 Å². The second kappa shape index (κ2) is 19.5. The number of hydrogen-bond donors (Lipinski definition) is 3. The van der Waals surface area contributed by atoms with E-state index in [1.807, 2.05) is 13.8 Å². The van der Waals surface area contributed by atoms with Crippen molar-refractivity contribution in [3.8, 4) is 0 Å². The van der Waals surface area contributed by atoms with Crippen LogP contribution in [0.1, 0.15) is 40.5 Å². The van der Waals surface area contributed by atoms with Gasteiger partial charge in [0.25, 0.3) is 0 Å². The zero-order valence-corrected chi connectivity index (χ0v) is 11.2. The molecule has 0 saturated carbocycles.